The number of allylic oxidation sites excluding steroid dienone is 2. The first-order valence-corrected chi connectivity index (χ1v) is 6.42. The summed E-state index contributed by atoms with van der Waals surface area (Å²) >= 11 is 0. The largest absolute Gasteiger partial charge is 0.411 e. The molecule has 2 nitrogen and oxygen atoms in total. The van der Waals surface area contributed by atoms with Crippen LogP contribution in [0.2, 0.25) is 0 Å². The zero-order chi connectivity index (χ0) is 13.9. The van der Waals surface area contributed by atoms with Crippen molar-refractivity contribution < 1.29 is 5.21 Å². The Kier molecular flexibility index (Phi) is 5.44. The molecule has 0 aliphatic heterocycles. The van der Waals surface area contributed by atoms with Crippen molar-refractivity contribution in [3.8, 4) is 0 Å². The highest BCUT2D eigenvalue weighted by Crippen LogP contribution is 2.38. The minimum absolute atomic E-state index is 0.0895. The highest BCUT2D eigenvalue weighted by Gasteiger charge is 2.38. The fraction of sp³-hybridized carbons (Fsp3) is 0.800. The van der Waals surface area contributed by atoms with E-state index in [9.17, 15) is 5.21 Å². The normalized spacial score (nSPS) is 14.1. The fourth-order valence-electron chi connectivity index (χ4n) is 1.97. The van der Waals surface area contributed by atoms with Crippen molar-refractivity contribution in [2.75, 3.05) is 0 Å². The number of oxime groups is 1. The molecule has 0 fully saturated rings. The molecule has 0 saturated carbocycles. The minimum Gasteiger partial charge on any atom is -0.411 e. The molecule has 0 bridgehead atoms. The average Bonchev–Trinajstić information content (AvgIpc) is 2.14. The summed E-state index contributed by atoms with van der Waals surface area (Å²) in [6.45, 7) is 17.1. The quantitative estimate of drug-likeness (QED) is 0.315. The van der Waals surface area contributed by atoms with Crippen LogP contribution in [0.4, 0.5) is 0 Å². The molecule has 0 aromatic rings. The Labute approximate surface area is 107 Å². The van der Waals surface area contributed by atoms with Crippen LogP contribution in [0.5, 0.6) is 0 Å². The third-order valence-electron chi connectivity index (χ3n) is 3.82. The van der Waals surface area contributed by atoms with Crippen LogP contribution < -0.4 is 0 Å². The van der Waals surface area contributed by atoms with E-state index in [2.05, 4.69) is 66.6 Å². The first kappa shape index (κ1) is 16.2. The maximum atomic E-state index is 9.38. The molecule has 0 aromatic heterocycles. The monoisotopic (exact) mass is 239 g/mol. The summed E-state index contributed by atoms with van der Waals surface area (Å²) in [5.74, 6) is 0.444. The van der Waals surface area contributed by atoms with Gasteiger partial charge in [0.15, 0.2) is 0 Å². The van der Waals surface area contributed by atoms with E-state index < -0.39 is 0 Å². The second-order valence-corrected chi connectivity index (χ2v) is 6.69. The lowest BCUT2D eigenvalue weighted by molar-refractivity contribution is 0.267. The SMILES string of the molecule is CC(C)=CCC(C)(C)/C(=N/O)C(C)(C)C(C)C. The van der Waals surface area contributed by atoms with E-state index in [-0.39, 0.29) is 10.8 Å². The van der Waals surface area contributed by atoms with E-state index in [1.807, 2.05) is 0 Å². The molecule has 2 heteroatoms. The second-order valence-electron chi connectivity index (χ2n) is 6.69. The number of hydrogen-bond acceptors (Lipinski definition) is 2. The van der Waals surface area contributed by atoms with Gasteiger partial charge in [-0.15, -0.1) is 0 Å². The van der Waals surface area contributed by atoms with Gasteiger partial charge in [-0.25, -0.2) is 0 Å². The Hall–Kier alpha value is -0.790. The van der Waals surface area contributed by atoms with Crippen LogP contribution in [0.15, 0.2) is 16.8 Å². The first-order chi connectivity index (χ1) is 7.55. The molecule has 0 saturated heterocycles. The van der Waals surface area contributed by atoms with Crippen molar-refractivity contribution in [3.05, 3.63) is 11.6 Å². The fourth-order valence-corrected chi connectivity index (χ4v) is 1.97. The lowest BCUT2D eigenvalue weighted by Gasteiger charge is -2.38. The molecule has 0 rings (SSSR count). The molecule has 100 valence electrons. The van der Waals surface area contributed by atoms with Crippen molar-refractivity contribution in [1.82, 2.24) is 0 Å². The molecule has 1 N–H and O–H groups in total. The number of hydrogen-bond donors (Lipinski definition) is 1. The maximum absolute atomic E-state index is 9.38. The molecule has 17 heavy (non-hydrogen) atoms. The number of rotatable bonds is 5. The van der Waals surface area contributed by atoms with Gasteiger partial charge < -0.3 is 5.21 Å². The van der Waals surface area contributed by atoms with Crippen molar-refractivity contribution in [2.45, 2.75) is 61.8 Å². The lowest BCUT2D eigenvalue weighted by atomic mass is 9.66. The molecule has 0 unspecified atom stereocenters. The van der Waals surface area contributed by atoms with Crippen LogP contribution in [0.25, 0.3) is 0 Å². The molecule has 0 amide bonds. The van der Waals surface area contributed by atoms with Crippen LogP contribution >= 0.6 is 0 Å². The maximum Gasteiger partial charge on any atom is 0.0688 e. The van der Waals surface area contributed by atoms with E-state index in [0.717, 1.165) is 12.1 Å². The van der Waals surface area contributed by atoms with Gasteiger partial charge in [0.2, 0.25) is 0 Å². The molecule has 0 radical (unpaired) electrons. The summed E-state index contributed by atoms with van der Waals surface area (Å²) in [4.78, 5) is 0. The third kappa shape index (κ3) is 4.18. The van der Waals surface area contributed by atoms with Gasteiger partial charge in [-0.2, -0.15) is 0 Å². The summed E-state index contributed by atoms with van der Waals surface area (Å²) in [5.41, 5.74) is 1.99. The highest BCUT2D eigenvalue weighted by molar-refractivity contribution is 5.94. The molecular formula is C15H29NO. The van der Waals surface area contributed by atoms with Crippen molar-refractivity contribution in [2.24, 2.45) is 21.9 Å². The van der Waals surface area contributed by atoms with E-state index in [1.165, 1.54) is 5.57 Å². The molecule has 0 atom stereocenters. The third-order valence-corrected chi connectivity index (χ3v) is 3.82. The van der Waals surface area contributed by atoms with Crippen LogP contribution in [0, 0.1) is 16.7 Å². The van der Waals surface area contributed by atoms with Gasteiger partial charge in [0.25, 0.3) is 0 Å². The van der Waals surface area contributed by atoms with Gasteiger partial charge in [0.05, 0.1) is 5.71 Å². The van der Waals surface area contributed by atoms with Gasteiger partial charge in [0, 0.05) is 10.8 Å². The van der Waals surface area contributed by atoms with Crippen LogP contribution in [-0.4, -0.2) is 10.9 Å². The average molecular weight is 239 g/mol. The topological polar surface area (TPSA) is 32.6 Å². The Balaban J connectivity index is 5.21. The van der Waals surface area contributed by atoms with Gasteiger partial charge in [-0.05, 0) is 26.2 Å². The zero-order valence-corrected chi connectivity index (χ0v) is 12.8. The Morgan fingerprint density at radius 1 is 1.18 bits per heavy atom. The molecular weight excluding hydrogens is 210 g/mol. The van der Waals surface area contributed by atoms with Crippen molar-refractivity contribution in [3.63, 3.8) is 0 Å². The molecule has 0 spiro atoms. The standard InChI is InChI=1S/C15H29NO/c1-11(2)9-10-14(5,6)13(16-17)15(7,8)12(3)4/h9,12,17H,10H2,1-8H3/b16-13-. The van der Waals surface area contributed by atoms with Gasteiger partial charge in [-0.3, -0.25) is 0 Å². The Morgan fingerprint density at radius 3 is 1.94 bits per heavy atom. The van der Waals surface area contributed by atoms with E-state index in [0.29, 0.717) is 5.92 Å². The van der Waals surface area contributed by atoms with Gasteiger partial charge in [0.1, 0.15) is 0 Å². The highest BCUT2D eigenvalue weighted by atomic mass is 16.4. The molecule has 0 heterocycles. The Bertz CT molecular complexity index is 305. The van der Waals surface area contributed by atoms with E-state index in [1.54, 1.807) is 0 Å². The summed E-state index contributed by atoms with van der Waals surface area (Å²) in [5, 5.41) is 13.0. The molecule has 0 aliphatic carbocycles. The number of nitrogens with zero attached hydrogens (tertiary/aromatic N) is 1. The predicted octanol–water partition coefficient (Wildman–Crippen LogP) is 4.88. The molecule has 0 aromatic carbocycles. The lowest BCUT2D eigenvalue weighted by Crippen LogP contribution is -2.40. The smallest absolute Gasteiger partial charge is 0.0688 e. The summed E-state index contributed by atoms with van der Waals surface area (Å²) in [6.07, 6.45) is 3.12. The first-order valence-electron chi connectivity index (χ1n) is 6.42. The predicted molar refractivity (Wildman–Crippen MR) is 75.7 cm³/mol. The summed E-state index contributed by atoms with van der Waals surface area (Å²) in [6, 6.07) is 0. The summed E-state index contributed by atoms with van der Waals surface area (Å²) in [7, 11) is 0. The van der Waals surface area contributed by atoms with Gasteiger partial charge >= 0.3 is 0 Å². The Morgan fingerprint density at radius 2 is 1.65 bits per heavy atom. The van der Waals surface area contributed by atoms with Crippen molar-refractivity contribution in [1.29, 1.82) is 0 Å². The minimum atomic E-state index is -0.111. The van der Waals surface area contributed by atoms with Crippen LogP contribution in [-0.2, 0) is 0 Å². The zero-order valence-electron chi connectivity index (χ0n) is 12.8. The van der Waals surface area contributed by atoms with Crippen LogP contribution in [0.3, 0.4) is 0 Å². The van der Waals surface area contributed by atoms with Gasteiger partial charge in [-0.1, -0.05) is 58.3 Å². The van der Waals surface area contributed by atoms with E-state index >= 15 is 0 Å². The van der Waals surface area contributed by atoms with Crippen molar-refractivity contribution >= 4 is 5.71 Å². The second kappa shape index (κ2) is 5.70. The van der Waals surface area contributed by atoms with Crippen LogP contribution in [0.1, 0.15) is 61.8 Å². The molecule has 0 aliphatic rings. The van der Waals surface area contributed by atoms with E-state index in [4.69, 9.17) is 0 Å². The summed E-state index contributed by atoms with van der Waals surface area (Å²) < 4.78 is 0.